The number of nitro benzene ring substituents is 4. The number of carbonyl (C=O) groups excluding carboxylic acids is 1. The first-order valence-corrected chi connectivity index (χ1v) is 17.5. The molecule has 0 aliphatic carbocycles. The predicted octanol–water partition coefficient (Wildman–Crippen LogP) is 6.11. The number of non-ortho nitro benzene ring substituents is 4. The third-order valence-corrected chi connectivity index (χ3v) is 9.15. The minimum Gasteiger partial charge on any atom is -0.485 e. The molecule has 0 aromatic heterocycles. The van der Waals surface area contributed by atoms with Crippen molar-refractivity contribution < 1.29 is 61.9 Å². The van der Waals surface area contributed by atoms with Crippen LogP contribution in [0.2, 0.25) is 0 Å². The van der Waals surface area contributed by atoms with Gasteiger partial charge in [0.05, 0.1) is 39.5 Å². The van der Waals surface area contributed by atoms with Gasteiger partial charge in [0.2, 0.25) is 5.76 Å². The first kappa shape index (κ1) is 40.5. The number of aliphatic hydroxyl groups is 1. The molecule has 1 aliphatic heterocycles. The Morgan fingerprint density at radius 2 is 1.00 bits per heavy atom. The van der Waals surface area contributed by atoms with Crippen LogP contribution in [0, 0.1) is 40.5 Å². The van der Waals surface area contributed by atoms with Gasteiger partial charge in [-0.15, -0.1) is 0 Å². The molecule has 292 valence electrons. The second kappa shape index (κ2) is 18.1. The molecular formula is C34H29N4O17P. The van der Waals surface area contributed by atoms with Gasteiger partial charge in [-0.1, -0.05) is 48.5 Å². The molecule has 0 spiro atoms. The maximum atomic E-state index is 14.3. The van der Waals surface area contributed by atoms with Crippen LogP contribution in [0.25, 0.3) is 0 Å². The molecule has 5 rings (SSSR count). The number of benzene rings is 4. The van der Waals surface area contributed by atoms with Gasteiger partial charge in [0.15, 0.2) is 11.9 Å². The molecule has 0 bridgehead atoms. The molecule has 2 atom stereocenters. The summed E-state index contributed by atoms with van der Waals surface area (Å²) in [4.78, 5) is 55.9. The Hall–Kier alpha value is -6.64. The number of aliphatic hydroxyl groups excluding tert-OH is 1. The maximum absolute atomic E-state index is 14.3. The fraction of sp³-hybridized carbons (Fsp3) is 0.206. The van der Waals surface area contributed by atoms with E-state index in [9.17, 15) is 54.9 Å². The molecule has 56 heavy (non-hydrogen) atoms. The molecule has 1 N–H and O–H groups in total. The highest BCUT2D eigenvalue weighted by molar-refractivity contribution is 7.48. The van der Waals surface area contributed by atoms with Crippen molar-refractivity contribution in [1.29, 1.82) is 0 Å². The van der Waals surface area contributed by atoms with E-state index < -0.39 is 90.2 Å². The summed E-state index contributed by atoms with van der Waals surface area (Å²) in [6.07, 6.45) is -3.57. The van der Waals surface area contributed by atoms with E-state index in [1.807, 2.05) is 0 Å². The molecule has 4 aromatic carbocycles. The second-order valence-corrected chi connectivity index (χ2v) is 13.2. The van der Waals surface area contributed by atoms with Crippen LogP contribution in [-0.2, 0) is 63.6 Å². The second-order valence-electron chi connectivity index (χ2n) is 11.6. The zero-order valence-electron chi connectivity index (χ0n) is 28.6. The molecule has 0 amide bonds. The summed E-state index contributed by atoms with van der Waals surface area (Å²) in [5.41, 5.74) is -0.400. The van der Waals surface area contributed by atoms with Crippen molar-refractivity contribution in [2.45, 2.75) is 38.6 Å². The van der Waals surface area contributed by atoms with Gasteiger partial charge in [-0.2, -0.15) is 0 Å². The molecule has 0 radical (unpaired) electrons. The molecule has 22 heteroatoms. The van der Waals surface area contributed by atoms with Crippen molar-refractivity contribution in [1.82, 2.24) is 0 Å². The minimum absolute atomic E-state index is 0.146. The van der Waals surface area contributed by atoms with Crippen molar-refractivity contribution in [2.24, 2.45) is 0 Å². The number of cyclic esters (lactones) is 1. The molecular weight excluding hydrogens is 767 g/mol. The van der Waals surface area contributed by atoms with Gasteiger partial charge in [-0.05, 0) is 22.3 Å². The fourth-order valence-electron chi connectivity index (χ4n) is 5.09. The summed E-state index contributed by atoms with van der Waals surface area (Å²) in [6, 6.07) is 20.7. The highest BCUT2D eigenvalue weighted by atomic mass is 31.2. The van der Waals surface area contributed by atoms with Gasteiger partial charge >= 0.3 is 13.8 Å². The van der Waals surface area contributed by atoms with E-state index >= 15 is 0 Å². The van der Waals surface area contributed by atoms with E-state index in [0.29, 0.717) is 0 Å². The van der Waals surface area contributed by atoms with Crippen molar-refractivity contribution in [3.05, 3.63) is 171 Å². The summed E-state index contributed by atoms with van der Waals surface area (Å²) in [6.45, 7) is -3.13. The van der Waals surface area contributed by atoms with E-state index in [2.05, 4.69) is 0 Å². The lowest BCUT2D eigenvalue weighted by Gasteiger charge is -2.27. The molecule has 1 heterocycles. The molecule has 0 saturated carbocycles. The average molecular weight is 797 g/mol. The molecule has 0 saturated heterocycles. The van der Waals surface area contributed by atoms with E-state index in [0.717, 1.165) is 12.1 Å². The minimum atomic E-state index is -4.94. The Bertz CT molecular complexity index is 2170. The average Bonchev–Trinajstić information content (AvgIpc) is 3.51. The number of rotatable bonds is 20. The van der Waals surface area contributed by atoms with Crippen LogP contribution in [0.3, 0.4) is 0 Å². The molecule has 0 unspecified atom stereocenters. The van der Waals surface area contributed by atoms with Crippen molar-refractivity contribution >= 4 is 36.5 Å². The van der Waals surface area contributed by atoms with Crippen LogP contribution < -0.4 is 0 Å². The van der Waals surface area contributed by atoms with Gasteiger partial charge in [0.1, 0.15) is 19.3 Å². The first-order valence-electron chi connectivity index (χ1n) is 16.1. The van der Waals surface area contributed by atoms with Crippen LogP contribution >= 0.6 is 7.82 Å². The number of hydrogen-bond acceptors (Lipinski definition) is 17. The standard InChI is InChI=1S/C34H29N4O17P/c39-17-30(55-56(49,52-20-24-7-3-11-28(15-24)37(45)46)53-21-25-8-4-12-29(16-25)38(47)48)31-32(50-18-22-5-1-9-26(13-22)35(41)42)33(34(40)54-31)51-19-23-6-2-10-27(14-23)36(43)44/h1-16,30-31,39H,17-21H2/t30-,31+/m0/s1. The van der Waals surface area contributed by atoms with Crippen LogP contribution in [0.4, 0.5) is 22.7 Å². The lowest BCUT2D eigenvalue weighted by molar-refractivity contribution is -0.385. The normalized spacial score (nSPS) is 14.5. The van der Waals surface area contributed by atoms with Crippen LogP contribution in [0.5, 0.6) is 0 Å². The number of phosphoric ester groups is 1. The molecule has 4 aromatic rings. The third-order valence-electron chi connectivity index (χ3n) is 7.73. The number of hydrogen-bond donors (Lipinski definition) is 1. The summed E-state index contributed by atoms with van der Waals surface area (Å²) in [7, 11) is -4.94. The Balaban J connectivity index is 1.46. The van der Waals surface area contributed by atoms with E-state index in [1.165, 1.54) is 84.9 Å². The maximum Gasteiger partial charge on any atom is 0.475 e. The van der Waals surface area contributed by atoms with Crippen molar-refractivity contribution in [3.63, 3.8) is 0 Å². The van der Waals surface area contributed by atoms with Crippen molar-refractivity contribution in [2.75, 3.05) is 6.61 Å². The first-order chi connectivity index (χ1) is 26.7. The number of nitrogens with zero attached hydrogens (tertiary/aromatic N) is 4. The number of carbonyl (C=O) groups is 1. The molecule has 1 aliphatic rings. The Kier molecular flexibility index (Phi) is 13.1. The lowest BCUT2D eigenvalue weighted by Crippen LogP contribution is -2.35. The van der Waals surface area contributed by atoms with Gasteiger partial charge in [0, 0.05) is 48.5 Å². The number of phosphoric acid groups is 1. The number of nitro groups is 4. The van der Waals surface area contributed by atoms with E-state index in [-0.39, 0.29) is 45.0 Å². The Morgan fingerprint density at radius 3 is 1.38 bits per heavy atom. The molecule has 0 fully saturated rings. The Labute approximate surface area is 314 Å². The van der Waals surface area contributed by atoms with E-state index in [1.54, 1.807) is 0 Å². The van der Waals surface area contributed by atoms with Crippen LogP contribution in [0.15, 0.2) is 109 Å². The SMILES string of the molecule is O=C1O[C@H]([C@H](CO)OP(=O)(OCc2cccc([N+](=O)[O-])c2)OCc2cccc([N+](=O)[O-])c2)C(OCc2cccc([N+](=O)[O-])c2)=C1OCc1cccc([N+](=O)[O-])c1. The Morgan fingerprint density at radius 1 is 0.625 bits per heavy atom. The third kappa shape index (κ3) is 10.5. The van der Waals surface area contributed by atoms with Gasteiger partial charge in [-0.3, -0.25) is 54.0 Å². The summed E-state index contributed by atoms with van der Waals surface area (Å²) in [5.74, 6) is -2.19. The van der Waals surface area contributed by atoms with Gasteiger partial charge < -0.3 is 19.3 Å². The predicted molar refractivity (Wildman–Crippen MR) is 188 cm³/mol. The van der Waals surface area contributed by atoms with Gasteiger partial charge in [0.25, 0.3) is 22.7 Å². The highest BCUT2D eigenvalue weighted by Gasteiger charge is 2.46. The topological polar surface area (TPSA) is 282 Å². The van der Waals surface area contributed by atoms with Crippen molar-refractivity contribution in [3.8, 4) is 0 Å². The summed E-state index contributed by atoms with van der Waals surface area (Å²) < 4.78 is 48.1. The quantitative estimate of drug-likeness (QED) is 0.0457. The highest BCUT2D eigenvalue weighted by Crippen LogP contribution is 2.53. The largest absolute Gasteiger partial charge is 0.485 e. The monoisotopic (exact) mass is 796 g/mol. The summed E-state index contributed by atoms with van der Waals surface area (Å²) in [5, 5.41) is 55.8. The summed E-state index contributed by atoms with van der Waals surface area (Å²) >= 11 is 0. The van der Waals surface area contributed by atoms with E-state index in [4.69, 9.17) is 27.8 Å². The number of ether oxygens (including phenoxy) is 3. The van der Waals surface area contributed by atoms with Crippen LogP contribution in [0.1, 0.15) is 22.3 Å². The fourth-order valence-corrected chi connectivity index (χ4v) is 6.41. The number of esters is 1. The zero-order valence-corrected chi connectivity index (χ0v) is 29.5. The van der Waals surface area contributed by atoms with Crippen LogP contribution in [-0.4, -0.2) is 49.6 Å². The zero-order chi connectivity index (χ0) is 40.4. The van der Waals surface area contributed by atoms with Gasteiger partial charge in [-0.25, -0.2) is 9.36 Å². The lowest BCUT2D eigenvalue weighted by atomic mass is 10.1. The molecule has 21 nitrogen and oxygen atoms in total. The smallest absolute Gasteiger partial charge is 0.475 e.